The molecule has 2 heterocycles. The summed E-state index contributed by atoms with van der Waals surface area (Å²) in [6.07, 6.45) is 0. The first-order chi connectivity index (χ1) is 22.3. The number of para-hydroxylation sites is 1. The van der Waals surface area contributed by atoms with E-state index in [1.54, 1.807) is 0 Å². The number of furan rings is 1. The average Bonchev–Trinajstić information content (AvgIpc) is 3.52. The molecule has 0 fully saturated rings. The minimum absolute atomic E-state index is 0.642. The molecular weight excluding hydrogens is 550 g/mol. The Balaban J connectivity index is 1.17. The Morgan fingerprint density at radius 2 is 0.800 bits per heavy atom. The third-order valence-electron chi connectivity index (χ3n) is 8.52. The normalized spacial score (nSPS) is 11.6. The highest BCUT2D eigenvalue weighted by atomic mass is 16.3. The maximum Gasteiger partial charge on any atom is 0.164 e. The Bertz CT molecular complexity index is 2460. The van der Waals surface area contributed by atoms with E-state index in [2.05, 4.69) is 78.9 Å². The minimum Gasteiger partial charge on any atom is -0.455 e. The summed E-state index contributed by atoms with van der Waals surface area (Å²) < 4.78 is 6.51. The van der Waals surface area contributed by atoms with Gasteiger partial charge in [-0.2, -0.15) is 0 Å². The second kappa shape index (κ2) is 10.2. The molecule has 0 saturated heterocycles. The average molecular weight is 576 g/mol. The summed E-state index contributed by atoms with van der Waals surface area (Å²) in [5, 5.41) is 7.04. The van der Waals surface area contributed by atoms with E-state index < -0.39 is 0 Å². The quantitative estimate of drug-likeness (QED) is 0.196. The van der Waals surface area contributed by atoms with Crippen LogP contribution in [-0.2, 0) is 0 Å². The summed E-state index contributed by atoms with van der Waals surface area (Å²) in [5.41, 5.74) is 6.90. The monoisotopic (exact) mass is 575 g/mol. The zero-order chi connectivity index (χ0) is 29.7. The van der Waals surface area contributed by atoms with E-state index in [0.29, 0.717) is 17.5 Å². The highest BCUT2D eigenvalue weighted by molar-refractivity contribution is 6.30. The molecule has 9 aromatic rings. The predicted octanol–water partition coefficient (Wildman–Crippen LogP) is 10.7. The van der Waals surface area contributed by atoms with Crippen molar-refractivity contribution in [3.63, 3.8) is 0 Å². The molecule has 45 heavy (non-hydrogen) atoms. The highest BCUT2D eigenvalue weighted by Crippen LogP contribution is 2.42. The standard InChI is InChI=1S/C41H25N3O/c1-3-11-27(12-4-1)39-42-40(28-13-5-2-6-14-28)44-41(43-39)29-21-19-26(20-22-29)30-23-24-32-31-15-7-8-16-33(31)37-34-17-9-10-18-36(34)45-38(37)35(32)25-30/h1-25H. The maximum absolute atomic E-state index is 6.51. The van der Waals surface area contributed by atoms with Gasteiger partial charge in [-0.05, 0) is 39.4 Å². The molecule has 4 nitrogen and oxygen atoms in total. The van der Waals surface area contributed by atoms with Crippen LogP contribution in [0.25, 0.3) is 88.8 Å². The van der Waals surface area contributed by atoms with E-state index in [0.717, 1.165) is 49.8 Å². The van der Waals surface area contributed by atoms with Crippen molar-refractivity contribution in [1.29, 1.82) is 0 Å². The fourth-order valence-electron chi connectivity index (χ4n) is 6.33. The maximum atomic E-state index is 6.51. The first-order valence-corrected chi connectivity index (χ1v) is 15.0. The molecule has 9 rings (SSSR count). The Labute approximate surface area is 259 Å². The molecule has 0 spiro atoms. The molecule has 0 radical (unpaired) electrons. The van der Waals surface area contributed by atoms with Gasteiger partial charge >= 0.3 is 0 Å². The molecule has 0 amide bonds. The van der Waals surface area contributed by atoms with Crippen molar-refractivity contribution in [1.82, 2.24) is 15.0 Å². The molecule has 0 aliphatic rings. The van der Waals surface area contributed by atoms with Crippen LogP contribution in [0.4, 0.5) is 0 Å². The van der Waals surface area contributed by atoms with Crippen LogP contribution in [0.5, 0.6) is 0 Å². The lowest BCUT2D eigenvalue weighted by molar-refractivity contribution is 0.673. The molecule has 0 bridgehead atoms. The van der Waals surface area contributed by atoms with E-state index in [9.17, 15) is 0 Å². The van der Waals surface area contributed by atoms with Crippen molar-refractivity contribution >= 4 is 43.5 Å². The molecule has 0 unspecified atom stereocenters. The number of hydrogen-bond donors (Lipinski definition) is 0. The number of fused-ring (bicyclic) bond motifs is 8. The lowest BCUT2D eigenvalue weighted by atomic mass is 9.94. The first kappa shape index (κ1) is 25.4. The van der Waals surface area contributed by atoms with E-state index in [1.807, 2.05) is 72.8 Å². The molecule has 0 aliphatic carbocycles. The van der Waals surface area contributed by atoms with Crippen LogP contribution in [0.2, 0.25) is 0 Å². The van der Waals surface area contributed by atoms with Crippen molar-refractivity contribution in [3.05, 3.63) is 152 Å². The van der Waals surface area contributed by atoms with Crippen molar-refractivity contribution in [2.45, 2.75) is 0 Å². The Morgan fingerprint density at radius 3 is 1.44 bits per heavy atom. The lowest BCUT2D eigenvalue weighted by Gasteiger charge is -2.10. The van der Waals surface area contributed by atoms with E-state index in [1.165, 1.54) is 21.5 Å². The van der Waals surface area contributed by atoms with Crippen LogP contribution in [0.1, 0.15) is 0 Å². The minimum atomic E-state index is 0.642. The number of aromatic nitrogens is 3. The zero-order valence-electron chi connectivity index (χ0n) is 24.2. The number of nitrogens with zero attached hydrogens (tertiary/aromatic N) is 3. The summed E-state index contributed by atoms with van der Waals surface area (Å²) in [4.78, 5) is 14.6. The highest BCUT2D eigenvalue weighted by Gasteiger charge is 2.17. The molecule has 0 atom stereocenters. The van der Waals surface area contributed by atoms with Gasteiger partial charge in [0.2, 0.25) is 0 Å². The van der Waals surface area contributed by atoms with Gasteiger partial charge in [0.15, 0.2) is 17.5 Å². The molecule has 210 valence electrons. The van der Waals surface area contributed by atoms with Gasteiger partial charge in [-0.3, -0.25) is 0 Å². The van der Waals surface area contributed by atoms with Crippen LogP contribution in [0.3, 0.4) is 0 Å². The fourth-order valence-corrected chi connectivity index (χ4v) is 6.33. The Hall–Kier alpha value is -6.13. The first-order valence-electron chi connectivity index (χ1n) is 15.0. The van der Waals surface area contributed by atoms with Gasteiger partial charge in [0, 0.05) is 32.8 Å². The van der Waals surface area contributed by atoms with E-state index in [4.69, 9.17) is 19.4 Å². The van der Waals surface area contributed by atoms with Gasteiger partial charge in [-0.25, -0.2) is 15.0 Å². The summed E-state index contributed by atoms with van der Waals surface area (Å²) in [6.45, 7) is 0. The summed E-state index contributed by atoms with van der Waals surface area (Å²) in [5.74, 6) is 1.95. The van der Waals surface area contributed by atoms with Crippen LogP contribution < -0.4 is 0 Å². The van der Waals surface area contributed by atoms with E-state index in [-0.39, 0.29) is 0 Å². The van der Waals surface area contributed by atoms with Gasteiger partial charge in [-0.1, -0.05) is 140 Å². The largest absolute Gasteiger partial charge is 0.455 e. The summed E-state index contributed by atoms with van der Waals surface area (Å²) >= 11 is 0. The molecule has 0 saturated carbocycles. The second-order valence-corrected chi connectivity index (χ2v) is 11.2. The third-order valence-corrected chi connectivity index (χ3v) is 8.52. The second-order valence-electron chi connectivity index (χ2n) is 11.2. The molecule has 7 aromatic carbocycles. The SMILES string of the molecule is c1ccc(-c2nc(-c3ccccc3)nc(-c3ccc(-c4ccc5c6ccccc6c6c7ccccc7oc6c5c4)cc3)n2)cc1. The Kier molecular flexibility index (Phi) is 5.78. The smallest absolute Gasteiger partial charge is 0.164 e. The van der Waals surface area contributed by atoms with Gasteiger partial charge < -0.3 is 4.42 Å². The molecular formula is C41H25N3O. The van der Waals surface area contributed by atoms with Crippen LogP contribution in [0.15, 0.2) is 156 Å². The Morgan fingerprint density at radius 1 is 0.333 bits per heavy atom. The van der Waals surface area contributed by atoms with Crippen LogP contribution in [-0.4, -0.2) is 15.0 Å². The predicted molar refractivity (Wildman–Crippen MR) is 184 cm³/mol. The van der Waals surface area contributed by atoms with Crippen LogP contribution >= 0.6 is 0 Å². The fraction of sp³-hybridized carbons (Fsp3) is 0. The van der Waals surface area contributed by atoms with Gasteiger partial charge in [-0.15, -0.1) is 0 Å². The van der Waals surface area contributed by atoms with Crippen LogP contribution in [0, 0.1) is 0 Å². The zero-order valence-corrected chi connectivity index (χ0v) is 24.2. The van der Waals surface area contributed by atoms with Gasteiger partial charge in [0.25, 0.3) is 0 Å². The topological polar surface area (TPSA) is 51.8 Å². The molecule has 4 heteroatoms. The number of benzene rings is 7. The third kappa shape index (κ3) is 4.27. The lowest BCUT2D eigenvalue weighted by Crippen LogP contribution is -2.00. The number of rotatable bonds is 4. The molecule has 2 aromatic heterocycles. The van der Waals surface area contributed by atoms with Gasteiger partial charge in [0.05, 0.1) is 0 Å². The van der Waals surface area contributed by atoms with E-state index >= 15 is 0 Å². The van der Waals surface area contributed by atoms with Gasteiger partial charge in [0.1, 0.15) is 11.2 Å². The number of hydrogen-bond acceptors (Lipinski definition) is 4. The molecule has 0 aliphatic heterocycles. The summed E-state index contributed by atoms with van der Waals surface area (Å²) in [6, 6.07) is 52.1. The van der Waals surface area contributed by atoms with Crippen molar-refractivity contribution in [2.24, 2.45) is 0 Å². The van der Waals surface area contributed by atoms with Crippen molar-refractivity contribution < 1.29 is 4.42 Å². The molecule has 0 N–H and O–H groups in total. The summed E-state index contributed by atoms with van der Waals surface area (Å²) in [7, 11) is 0. The van der Waals surface area contributed by atoms with Crippen molar-refractivity contribution in [3.8, 4) is 45.3 Å². The van der Waals surface area contributed by atoms with Crippen molar-refractivity contribution in [2.75, 3.05) is 0 Å².